The van der Waals surface area contributed by atoms with E-state index >= 15 is 0 Å². The minimum Gasteiger partial charge on any atom is -0.462 e. The zero-order valence-corrected chi connectivity index (χ0v) is 30.7. The molecule has 0 unspecified atom stereocenters. The Balaban J connectivity index is 3.96. The summed E-state index contributed by atoms with van der Waals surface area (Å²) in [5, 5.41) is 0. The number of allylic oxidation sites excluding steroid dienone is 5. The van der Waals surface area contributed by atoms with Gasteiger partial charge in [-0.15, -0.1) is 6.58 Å². The first-order valence-corrected chi connectivity index (χ1v) is 20.3. The van der Waals surface area contributed by atoms with E-state index < -0.39 is 32.5 Å². The molecule has 0 aliphatic carbocycles. The zero-order chi connectivity index (χ0) is 34.7. The van der Waals surface area contributed by atoms with Crippen LogP contribution in [0, 0.1) is 0 Å². The molecule has 47 heavy (non-hydrogen) atoms. The molecule has 2 N–H and O–H groups in total. The lowest BCUT2D eigenvalue weighted by molar-refractivity contribution is -0.161. The molecule has 9 heteroatoms. The molecule has 0 saturated carbocycles. The van der Waals surface area contributed by atoms with E-state index in [-0.39, 0.29) is 19.4 Å². The van der Waals surface area contributed by atoms with Crippen molar-refractivity contribution >= 4 is 19.8 Å². The second-order valence-corrected chi connectivity index (χ2v) is 13.9. The summed E-state index contributed by atoms with van der Waals surface area (Å²) in [5.41, 5.74) is 0. The molecular weight excluding hydrogens is 615 g/mol. The molecule has 8 nitrogen and oxygen atoms in total. The lowest BCUT2D eigenvalue weighted by Crippen LogP contribution is -2.29. The number of esters is 2. The normalized spacial score (nSPS) is 12.6. The van der Waals surface area contributed by atoms with Crippen LogP contribution < -0.4 is 0 Å². The zero-order valence-electron chi connectivity index (χ0n) is 29.8. The number of unbranched alkanes of at least 4 members (excludes halogenated alkanes) is 20. The standard InChI is InChI=1S/C38H69O8P/c1-3-5-7-9-11-13-15-17-19-21-23-25-27-29-31-33-38(40)46-36(35-45-47(41,42)43)34-44-37(39)32-30-28-26-24-22-20-18-16-14-12-10-8-6-4-2/h3,10,12,16,18,36H,1,4-9,11,13-15,17,19-35H2,2H3,(H2,41,42,43)/b12-10+,18-16+/t36-/m1/s1. The van der Waals surface area contributed by atoms with E-state index in [0.29, 0.717) is 12.8 Å². The molecule has 0 aromatic carbocycles. The molecule has 0 fully saturated rings. The second-order valence-electron chi connectivity index (χ2n) is 12.6. The van der Waals surface area contributed by atoms with Crippen molar-refractivity contribution in [1.29, 1.82) is 0 Å². The molecule has 0 aromatic heterocycles. The summed E-state index contributed by atoms with van der Waals surface area (Å²) in [5.74, 6) is -0.903. The Kier molecular flexibility index (Phi) is 32.9. The Hall–Kier alpha value is -1.73. The molecule has 0 bridgehead atoms. The van der Waals surface area contributed by atoms with Crippen molar-refractivity contribution in [3.8, 4) is 0 Å². The van der Waals surface area contributed by atoms with Crippen LogP contribution in [0.15, 0.2) is 37.0 Å². The van der Waals surface area contributed by atoms with Crippen LogP contribution in [0.5, 0.6) is 0 Å². The molecule has 0 amide bonds. The number of ether oxygens (including phenoxy) is 2. The van der Waals surface area contributed by atoms with E-state index in [9.17, 15) is 14.2 Å². The lowest BCUT2D eigenvalue weighted by Gasteiger charge is -2.18. The number of carbonyl (C=O) groups is 2. The fraction of sp³-hybridized carbons (Fsp3) is 0.789. The predicted molar refractivity (Wildman–Crippen MR) is 193 cm³/mol. The number of hydrogen-bond donors (Lipinski definition) is 2. The molecule has 0 spiro atoms. The average molecular weight is 685 g/mol. The fourth-order valence-corrected chi connectivity index (χ4v) is 5.55. The molecule has 0 saturated heterocycles. The summed E-state index contributed by atoms with van der Waals surface area (Å²) >= 11 is 0. The number of hydrogen-bond acceptors (Lipinski definition) is 6. The smallest absolute Gasteiger partial charge is 0.462 e. The maximum absolute atomic E-state index is 12.4. The Labute approximate surface area is 287 Å². The fourth-order valence-electron chi connectivity index (χ4n) is 5.19. The van der Waals surface area contributed by atoms with Gasteiger partial charge in [0, 0.05) is 12.8 Å². The lowest BCUT2D eigenvalue weighted by atomic mass is 10.0. The maximum Gasteiger partial charge on any atom is 0.469 e. The maximum atomic E-state index is 12.4. The van der Waals surface area contributed by atoms with E-state index in [1.807, 2.05) is 6.08 Å². The minimum absolute atomic E-state index is 0.207. The van der Waals surface area contributed by atoms with E-state index in [1.54, 1.807) is 0 Å². The Morgan fingerprint density at radius 3 is 1.55 bits per heavy atom. The van der Waals surface area contributed by atoms with Crippen LogP contribution in [0.1, 0.15) is 174 Å². The summed E-state index contributed by atoms with van der Waals surface area (Å²) in [6.45, 7) is 5.13. The van der Waals surface area contributed by atoms with E-state index in [2.05, 4.69) is 42.3 Å². The van der Waals surface area contributed by atoms with Crippen LogP contribution in [0.4, 0.5) is 0 Å². The Morgan fingerprint density at radius 2 is 1.06 bits per heavy atom. The van der Waals surface area contributed by atoms with E-state index in [1.165, 1.54) is 70.6 Å². The van der Waals surface area contributed by atoms with Gasteiger partial charge in [0.1, 0.15) is 6.61 Å². The van der Waals surface area contributed by atoms with Gasteiger partial charge in [0.05, 0.1) is 6.61 Å². The van der Waals surface area contributed by atoms with Crippen LogP contribution in [-0.4, -0.2) is 41.0 Å². The molecule has 0 radical (unpaired) electrons. The van der Waals surface area contributed by atoms with Gasteiger partial charge in [0.25, 0.3) is 0 Å². The van der Waals surface area contributed by atoms with Gasteiger partial charge >= 0.3 is 19.8 Å². The molecular formula is C38H69O8P. The third-order valence-electron chi connectivity index (χ3n) is 8.03. The number of phosphoric ester groups is 1. The first-order valence-electron chi connectivity index (χ1n) is 18.7. The van der Waals surface area contributed by atoms with Crippen LogP contribution in [-0.2, 0) is 28.2 Å². The van der Waals surface area contributed by atoms with Crippen molar-refractivity contribution < 1.29 is 37.9 Å². The van der Waals surface area contributed by atoms with Gasteiger partial charge in [-0.05, 0) is 51.4 Å². The van der Waals surface area contributed by atoms with Gasteiger partial charge in [-0.25, -0.2) is 4.57 Å². The van der Waals surface area contributed by atoms with Gasteiger partial charge in [0.2, 0.25) is 0 Å². The SMILES string of the molecule is C=CCCCCCCCCCCCCCCCC(=O)O[C@H](COC(=O)CCCCCCC/C=C/C/C=C/CCCC)COP(=O)(O)O. The molecule has 0 heterocycles. The van der Waals surface area contributed by atoms with Crippen molar-refractivity contribution in [3.63, 3.8) is 0 Å². The molecule has 0 rings (SSSR count). The van der Waals surface area contributed by atoms with Crippen LogP contribution in [0.2, 0.25) is 0 Å². The first kappa shape index (κ1) is 45.3. The number of phosphoric acid groups is 1. The minimum atomic E-state index is -4.75. The summed E-state index contributed by atoms with van der Waals surface area (Å²) in [7, 11) is -4.75. The summed E-state index contributed by atoms with van der Waals surface area (Å²) < 4.78 is 26.3. The van der Waals surface area contributed by atoms with E-state index in [4.69, 9.17) is 19.3 Å². The predicted octanol–water partition coefficient (Wildman–Crippen LogP) is 11.0. The van der Waals surface area contributed by atoms with Crippen LogP contribution in [0.25, 0.3) is 0 Å². The highest BCUT2D eigenvalue weighted by Gasteiger charge is 2.22. The first-order chi connectivity index (χ1) is 22.8. The van der Waals surface area contributed by atoms with Gasteiger partial charge in [-0.3, -0.25) is 14.1 Å². The molecule has 274 valence electrons. The molecule has 0 aromatic rings. The highest BCUT2D eigenvalue weighted by Crippen LogP contribution is 2.36. The molecule has 0 aliphatic heterocycles. The van der Waals surface area contributed by atoms with Crippen molar-refractivity contribution in [3.05, 3.63) is 37.0 Å². The van der Waals surface area contributed by atoms with Gasteiger partial charge in [-0.1, -0.05) is 140 Å². The van der Waals surface area contributed by atoms with Crippen molar-refractivity contribution in [2.75, 3.05) is 13.2 Å². The topological polar surface area (TPSA) is 119 Å². The van der Waals surface area contributed by atoms with Crippen molar-refractivity contribution in [2.24, 2.45) is 0 Å². The monoisotopic (exact) mass is 684 g/mol. The van der Waals surface area contributed by atoms with Gasteiger partial charge < -0.3 is 19.3 Å². The van der Waals surface area contributed by atoms with Crippen molar-refractivity contribution in [1.82, 2.24) is 0 Å². The third kappa shape index (κ3) is 36.9. The Bertz CT molecular complexity index is 851. The highest BCUT2D eigenvalue weighted by atomic mass is 31.2. The van der Waals surface area contributed by atoms with Crippen LogP contribution in [0.3, 0.4) is 0 Å². The Morgan fingerprint density at radius 1 is 0.617 bits per heavy atom. The highest BCUT2D eigenvalue weighted by molar-refractivity contribution is 7.46. The van der Waals surface area contributed by atoms with Crippen molar-refractivity contribution in [2.45, 2.75) is 180 Å². The average Bonchev–Trinajstić information content (AvgIpc) is 3.03. The number of rotatable bonds is 35. The summed E-state index contributed by atoms with van der Waals surface area (Å²) in [4.78, 5) is 42.7. The quantitative estimate of drug-likeness (QED) is 0.0293. The van der Waals surface area contributed by atoms with Gasteiger partial charge in [-0.2, -0.15) is 0 Å². The number of carbonyl (C=O) groups excluding carboxylic acids is 2. The third-order valence-corrected chi connectivity index (χ3v) is 8.51. The molecule has 1 atom stereocenters. The summed E-state index contributed by atoms with van der Waals surface area (Å²) in [6, 6.07) is 0. The molecule has 0 aliphatic rings. The summed E-state index contributed by atoms with van der Waals surface area (Å²) in [6.07, 6.45) is 37.5. The van der Waals surface area contributed by atoms with E-state index in [0.717, 1.165) is 70.6 Å². The van der Waals surface area contributed by atoms with Gasteiger partial charge in [0.15, 0.2) is 6.10 Å². The largest absolute Gasteiger partial charge is 0.469 e. The second kappa shape index (κ2) is 34.1. The van der Waals surface area contributed by atoms with Crippen LogP contribution >= 0.6 is 7.82 Å².